The first-order valence-electron chi connectivity index (χ1n) is 5.54. The van der Waals surface area contributed by atoms with Crippen LogP contribution in [0.1, 0.15) is 25.3 Å². The Hall–Kier alpha value is -1.51. The van der Waals surface area contributed by atoms with E-state index in [1.165, 1.54) is 0 Å². The molecular formula is C13H19NO2. The number of methoxy groups -OCH3 is 1. The van der Waals surface area contributed by atoms with Gasteiger partial charge in [0.2, 0.25) is 5.91 Å². The molecule has 3 heteroatoms. The van der Waals surface area contributed by atoms with E-state index in [0.717, 1.165) is 17.7 Å². The lowest BCUT2D eigenvalue weighted by molar-refractivity contribution is -0.130. The van der Waals surface area contributed by atoms with E-state index < -0.39 is 0 Å². The molecule has 1 amide bonds. The van der Waals surface area contributed by atoms with Crippen molar-refractivity contribution in [3.05, 3.63) is 29.8 Å². The van der Waals surface area contributed by atoms with Gasteiger partial charge in [-0.3, -0.25) is 4.79 Å². The van der Waals surface area contributed by atoms with Gasteiger partial charge in [-0.05, 0) is 24.1 Å². The maximum absolute atomic E-state index is 11.6. The number of hydrogen-bond donors (Lipinski definition) is 0. The molecule has 0 aliphatic carbocycles. The highest BCUT2D eigenvalue weighted by atomic mass is 16.5. The normalized spacial score (nSPS) is 9.94. The van der Waals surface area contributed by atoms with E-state index in [1.54, 1.807) is 12.0 Å². The van der Waals surface area contributed by atoms with Crippen molar-refractivity contribution in [3.63, 3.8) is 0 Å². The van der Waals surface area contributed by atoms with Crippen LogP contribution in [-0.4, -0.2) is 25.0 Å². The lowest BCUT2D eigenvalue weighted by Crippen LogP contribution is -2.25. The molecule has 0 aliphatic rings. The van der Waals surface area contributed by atoms with Crippen molar-refractivity contribution < 1.29 is 9.53 Å². The highest BCUT2D eigenvalue weighted by Crippen LogP contribution is 2.12. The van der Waals surface area contributed by atoms with Crippen LogP contribution in [0.3, 0.4) is 0 Å². The second-order valence-corrected chi connectivity index (χ2v) is 3.85. The number of amides is 1. The van der Waals surface area contributed by atoms with Crippen molar-refractivity contribution in [2.75, 3.05) is 14.2 Å². The molecule has 1 aromatic carbocycles. The third-order valence-electron chi connectivity index (χ3n) is 2.47. The molecule has 0 N–H and O–H groups in total. The summed E-state index contributed by atoms with van der Waals surface area (Å²) in [6.07, 6.45) is 1.51. The Morgan fingerprint density at radius 2 is 1.94 bits per heavy atom. The minimum absolute atomic E-state index is 0.193. The third kappa shape index (κ3) is 3.57. The van der Waals surface area contributed by atoms with Gasteiger partial charge in [0.25, 0.3) is 0 Å². The first-order chi connectivity index (χ1) is 7.67. The first kappa shape index (κ1) is 12.6. The molecule has 0 heterocycles. The largest absolute Gasteiger partial charge is 0.497 e. The summed E-state index contributed by atoms with van der Waals surface area (Å²) >= 11 is 0. The Morgan fingerprint density at radius 3 is 2.44 bits per heavy atom. The molecule has 0 radical (unpaired) electrons. The van der Waals surface area contributed by atoms with E-state index in [2.05, 4.69) is 0 Å². The number of carbonyl (C=O) groups is 1. The van der Waals surface area contributed by atoms with Crippen LogP contribution < -0.4 is 4.74 Å². The van der Waals surface area contributed by atoms with Crippen LogP contribution in [0.15, 0.2) is 24.3 Å². The molecule has 0 aromatic heterocycles. The van der Waals surface area contributed by atoms with Crippen molar-refractivity contribution in [1.29, 1.82) is 0 Å². The molecule has 1 aromatic rings. The summed E-state index contributed by atoms with van der Waals surface area (Å²) in [5.41, 5.74) is 1.12. The average Bonchev–Trinajstić information content (AvgIpc) is 2.30. The highest BCUT2D eigenvalue weighted by Gasteiger charge is 2.07. The van der Waals surface area contributed by atoms with Crippen molar-refractivity contribution >= 4 is 5.91 Å². The average molecular weight is 221 g/mol. The van der Waals surface area contributed by atoms with Crippen LogP contribution in [0.25, 0.3) is 0 Å². The van der Waals surface area contributed by atoms with E-state index in [-0.39, 0.29) is 5.91 Å². The minimum atomic E-state index is 0.193. The first-order valence-corrected chi connectivity index (χ1v) is 5.54. The number of carbonyl (C=O) groups excluding carboxylic acids is 1. The molecule has 0 unspecified atom stereocenters. The smallest absolute Gasteiger partial charge is 0.222 e. The van der Waals surface area contributed by atoms with Crippen molar-refractivity contribution in [3.8, 4) is 5.75 Å². The van der Waals surface area contributed by atoms with Crippen molar-refractivity contribution in [1.82, 2.24) is 4.90 Å². The van der Waals surface area contributed by atoms with Gasteiger partial charge in [-0.25, -0.2) is 0 Å². The fraction of sp³-hybridized carbons (Fsp3) is 0.462. The molecule has 0 bridgehead atoms. The van der Waals surface area contributed by atoms with Crippen LogP contribution in [-0.2, 0) is 11.3 Å². The SMILES string of the molecule is CCCC(=O)N(C)Cc1ccc(OC)cc1. The van der Waals surface area contributed by atoms with Crippen molar-refractivity contribution in [2.45, 2.75) is 26.3 Å². The van der Waals surface area contributed by atoms with Crippen LogP contribution in [0.2, 0.25) is 0 Å². The van der Waals surface area contributed by atoms with Crippen LogP contribution in [0.5, 0.6) is 5.75 Å². The Bertz CT molecular complexity index is 332. The van der Waals surface area contributed by atoms with Gasteiger partial charge < -0.3 is 9.64 Å². The van der Waals surface area contributed by atoms with Gasteiger partial charge in [0.15, 0.2) is 0 Å². The molecule has 16 heavy (non-hydrogen) atoms. The summed E-state index contributed by atoms with van der Waals surface area (Å²) in [6, 6.07) is 7.78. The molecule has 0 fully saturated rings. The standard InChI is InChI=1S/C13H19NO2/c1-4-5-13(15)14(2)10-11-6-8-12(16-3)9-7-11/h6-9H,4-5,10H2,1-3H3. The Morgan fingerprint density at radius 1 is 1.31 bits per heavy atom. The summed E-state index contributed by atoms with van der Waals surface area (Å²) in [5.74, 6) is 1.03. The molecule has 0 atom stereocenters. The highest BCUT2D eigenvalue weighted by molar-refractivity contribution is 5.75. The summed E-state index contributed by atoms with van der Waals surface area (Å²) in [4.78, 5) is 13.3. The van der Waals surface area contributed by atoms with Gasteiger partial charge in [-0.15, -0.1) is 0 Å². The van der Waals surface area contributed by atoms with E-state index in [0.29, 0.717) is 13.0 Å². The Balaban J connectivity index is 2.55. The predicted molar refractivity (Wildman–Crippen MR) is 64.4 cm³/mol. The van der Waals surface area contributed by atoms with Gasteiger partial charge in [0.1, 0.15) is 5.75 Å². The zero-order valence-corrected chi connectivity index (χ0v) is 10.2. The number of benzene rings is 1. The Kier molecular flexibility index (Phi) is 4.83. The van der Waals surface area contributed by atoms with Gasteiger partial charge in [0.05, 0.1) is 7.11 Å². The summed E-state index contributed by atoms with van der Waals surface area (Å²) < 4.78 is 5.08. The van der Waals surface area contributed by atoms with E-state index in [9.17, 15) is 4.79 Å². The topological polar surface area (TPSA) is 29.5 Å². The predicted octanol–water partition coefficient (Wildman–Crippen LogP) is 2.45. The van der Waals surface area contributed by atoms with E-state index in [4.69, 9.17) is 4.74 Å². The van der Waals surface area contributed by atoms with Crippen LogP contribution >= 0.6 is 0 Å². The summed E-state index contributed by atoms with van der Waals surface area (Å²) in [6.45, 7) is 2.67. The second-order valence-electron chi connectivity index (χ2n) is 3.85. The summed E-state index contributed by atoms with van der Waals surface area (Å²) in [7, 11) is 3.48. The quantitative estimate of drug-likeness (QED) is 0.764. The maximum Gasteiger partial charge on any atom is 0.222 e. The zero-order chi connectivity index (χ0) is 12.0. The Labute approximate surface area is 97.0 Å². The van der Waals surface area contributed by atoms with Gasteiger partial charge in [-0.1, -0.05) is 19.1 Å². The zero-order valence-electron chi connectivity index (χ0n) is 10.2. The number of ether oxygens (including phenoxy) is 1. The second kappa shape index (κ2) is 6.16. The molecule has 88 valence electrons. The third-order valence-corrected chi connectivity index (χ3v) is 2.47. The van der Waals surface area contributed by atoms with Crippen LogP contribution in [0.4, 0.5) is 0 Å². The number of nitrogens with zero attached hydrogens (tertiary/aromatic N) is 1. The molecule has 0 saturated carbocycles. The van der Waals surface area contributed by atoms with Crippen LogP contribution in [0, 0.1) is 0 Å². The van der Waals surface area contributed by atoms with Gasteiger partial charge >= 0.3 is 0 Å². The van der Waals surface area contributed by atoms with Gasteiger partial charge in [-0.2, -0.15) is 0 Å². The summed E-state index contributed by atoms with van der Waals surface area (Å²) in [5, 5.41) is 0. The minimum Gasteiger partial charge on any atom is -0.497 e. The molecular weight excluding hydrogens is 202 g/mol. The fourth-order valence-corrected chi connectivity index (χ4v) is 1.50. The molecule has 3 nitrogen and oxygen atoms in total. The molecule has 0 aliphatic heterocycles. The monoisotopic (exact) mass is 221 g/mol. The number of rotatable bonds is 5. The van der Waals surface area contributed by atoms with E-state index >= 15 is 0 Å². The van der Waals surface area contributed by atoms with Crippen molar-refractivity contribution in [2.24, 2.45) is 0 Å². The number of hydrogen-bond acceptors (Lipinski definition) is 2. The molecule has 0 spiro atoms. The lowest BCUT2D eigenvalue weighted by atomic mass is 10.2. The fourth-order valence-electron chi connectivity index (χ4n) is 1.50. The lowest BCUT2D eigenvalue weighted by Gasteiger charge is -2.17. The van der Waals surface area contributed by atoms with E-state index in [1.807, 2.05) is 38.2 Å². The molecule has 0 saturated heterocycles. The molecule has 1 rings (SSSR count). The maximum atomic E-state index is 11.6. The van der Waals surface area contributed by atoms with Gasteiger partial charge in [0, 0.05) is 20.0 Å².